The Labute approximate surface area is 135 Å². The molecule has 1 aromatic carbocycles. The number of Topliss-reactive ketones (excluding diaryl/α,β-unsaturated/α-hetero) is 1. The first-order valence-corrected chi connectivity index (χ1v) is 8.00. The standard InChI is InChI=1S/C17H20ClN3O/c1-20-15(18)11-19-16(20)12-21-9-7-14(8-10-21)17(22)13-5-3-2-4-6-13/h2-6,11,14H,7-10,12H2,1H3. The van der Waals surface area contributed by atoms with Crippen molar-refractivity contribution in [2.75, 3.05) is 13.1 Å². The quantitative estimate of drug-likeness (QED) is 0.813. The van der Waals surface area contributed by atoms with Crippen LogP contribution in [-0.2, 0) is 13.6 Å². The Morgan fingerprint density at radius 3 is 2.55 bits per heavy atom. The Morgan fingerprint density at radius 2 is 1.95 bits per heavy atom. The number of carbonyl (C=O) groups is 1. The summed E-state index contributed by atoms with van der Waals surface area (Å²) < 4.78 is 1.91. The molecular weight excluding hydrogens is 298 g/mol. The number of nitrogens with zero attached hydrogens (tertiary/aromatic N) is 3. The second kappa shape index (κ2) is 6.63. The van der Waals surface area contributed by atoms with Crippen molar-refractivity contribution in [1.82, 2.24) is 14.5 Å². The second-order valence-corrected chi connectivity index (χ2v) is 6.22. The molecule has 1 aromatic heterocycles. The van der Waals surface area contributed by atoms with E-state index < -0.39 is 0 Å². The number of halogens is 1. The first kappa shape index (κ1) is 15.3. The Balaban J connectivity index is 1.56. The molecule has 0 saturated carbocycles. The van der Waals surface area contributed by atoms with E-state index >= 15 is 0 Å². The molecule has 3 rings (SSSR count). The molecule has 0 radical (unpaired) electrons. The Hall–Kier alpha value is -1.65. The van der Waals surface area contributed by atoms with Gasteiger partial charge in [-0.2, -0.15) is 0 Å². The molecule has 0 atom stereocenters. The van der Waals surface area contributed by atoms with Crippen LogP contribution < -0.4 is 0 Å². The van der Waals surface area contributed by atoms with Crippen LogP contribution in [-0.4, -0.2) is 33.3 Å². The van der Waals surface area contributed by atoms with Crippen LogP contribution in [0.15, 0.2) is 36.5 Å². The van der Waals surface area contributed by atoms with Gasteiger partial charge >= 0.3 is 0 Å². The van der Waals surface area contributed by atoms with Gasteiger partial charge in [-0.25, -0.2) is 4.98 Å². The number of aromatic nitrogens is 2. The van der Waals surface area contributed by atoms with E-state index in [2.05, 4.69) is 9.88 Å². The summed E-state index contributed by atoms with van der Waals surface area (Å²) in [6, 6.07) is 9.60. The minimum Gasteiger partial charge on any atom is -0.321 e. The molecule has 1 aliphatic rings. The van der Waals surface area contributed by atoms with Crippen LogP contribution >= 0.6 is 11.6 Å². The van der Waals surface area contributed by atoms with Crippen molar-refractivity contribution in [3.63, 3.8) is 0 Å². The summed E-state index contributed by atoms with van der Waals surface area (Å²) in [5.41, 5.74) is 0.830. The third-order valence-corrected chi connectivity index (χ3v) is 4.76. The molecule has 0 unspecified atom stereocenters. The van der Waals surface area contributed by atoms with Gasteiger partial charge < -0.3 is 4.57 Å². The number of hydrogen-bond acceptors (Lipinski definition) is 3. The van der Waals surface area contributed by atoms with E-state index in [4.69, 9.17) is 11.6 Å². The van der Waals surface area contributed by atoms with Crippen LogP contribution in [0.25, 0.3) is 0 Å². The molecule has 4 nitrogen and oxygen atoms in total. The highest BCUT2D eigenvalue weighted by atomic mass is 35.5. The number of piperidine rings is 1. The van der Waals surface area contributed by atoms with E-state index in [1.807, 2.05) is 41.9 Å². The zero-order valence-corrected chi connectivity index (χ0v) is 13.5. The van der Waals surface area contributed by atoms with Gasteiger partial charge in [0.05, 0.1) is 12.7 Å². The van der Waals surface area contributed by atoms with E-state index in [0.29, 0.717) is 5.15 Å². The second-order valence-electron chi connectivity index (χ2n) is 5.84. The average Bonchev–Trinajstić information content (AvgIpc) is 2.88. The maximum atomic E-state index is 12.5. The lowest BCUT2D eigenvalue weighted by atomic mass is 9.89. The van der Waals surface area contributed by atoms with Crippen LogP contribution in [0.2, 0.25) is 5.15 Å². The number of carbonyl (C=O) groups excluding carboxylic acids is 1. The van der Waals surface area contributed by atoms with Gasteiger partial charge in [0.2, 0.25) is 0 Å². The summed E-state index contributed by atoms with van der Waals surface area (Å²) >= 11 is 6.02. The van der Waals surface area contributed by atoms with Crippen molar-refractivity contribution in [3.05, 3.63) is 53.1 Å². The molecule has 2 heterocycles. The van der Waals surface area contributed by atoms with Gasteiger partial charge in [-0.15, -0.1) is 0 Å². The van der Waals surface area contributed by atoms with Gasteiger partial charge in [0.25, 0.3) is 0 Å². The predicted octanol–water partition coefficient (Wildman–Crippen LogP) is 3.17. The van der Waals surface area contributed by atoms with Gasteiger partial charge in [0.15, 0.2) is 5.78 Å². The topological polar surface area (TPSA) is 38.1 Å². The number of likely N-dealkylation sites (tertiary alicyclic amines) is 1. The first-order chi connectivity index (χ1) is 10.6. The number of benzene rings is 1. The number of hydrogen-bond donors (Lipinski definition) is 0. The van der Waals surface area contributed by atoms with Crippen LogP contribution in [0.5, 0.6) is 0 Å². The third kappa shape index (κ3) is 3.23. The molecule has 0 amide bonds. The van der Waals surface area contributed by atoms with Gasteiger partial charge in [0.1, 0.15) is 11.0 Å². The fraction of sp³-hybridized carbons (Fsp3) is 0.412. The predicted molar refractivity (Wildman–Crippen MR) is 87.0 cm³/mol. The van der Waals surface area contributed by atoms with E-state index in [1.165, 1.54) is 0 Å². The molecule has 1 fully saturated rings. The highest BCUT2D eigenvalue weighted by Gasteiger charge is 2.26. The number of ketones is 1. The lowest BCUT2D eigenvalue weighted by Crippen LogP contribution is -2.36. The maximum absolute atomic E-state index is 12.5. The van der Waals surface area contributed by atoms with E-state index in [0.717, 1.165) is 43.9 Å². The molecule has 0 spiro atoms. The molecule has 2 aromatic rings. The first-order valence-electron chi connectivity index (χ1n) is 7.63. The summed E-state index contributed by atoms with van der Waals surface area (Å²) in [6.07, 6.45) is 3.50. The molecule has 0 aliphatic carbocycles. The van der Waals surface area contributed by atoms with Gasteiger partial charge in [-0.1, -0.05) is 41.9 Å². The largest absolute Gasteiger partial charge is 0.321 e. The minimum absolute atomic E-state index is 0.142. The van der Waals surface area contributed by atoms with Crippen LogP contribution in [0.3, 0.4) is 0 Å². The van der Waals surface area contributed by atoms with Crippen molar-refractivity contribution in [3.8, 4) is 0 Å². The zero-order chi connectivity index (χ0) is 15.5. The van der Waals surface area contributed by atoms with Crippen molar-refractivity contribution in [2.24, 2.45) is 13.0 Å². The van der Waals surface area contributed by atoms with Gasteiger partial charge in [-0.05, 0) is 25.9 Å². The fourth-order valence-electron chi connectivity index (χ4n) is 2.96. The average molecular weight is 318 g/mol. The molecule has 0 bridgehead atoms. The summed E-state index contributed by atoms with van der Waals surface area (Å²) in [6.45, 7) is 2.64. The van der Waals surface area contributed by atoms with E-state index in [9.17, 15) is 4.79 Å². The van der Waals surface area contributed by atoms with Crippen molar-refractivity contribution < 1.29 is 4.79 Å². The molecule has 1 saturated heterocycles. The van der Waals surface area contributed by atoms with E-state index in [-0.39, 0.29) is 11.7 Å². The monoisotopic (exact) mass is 317 g/mol. The lowest BCUT2D eigenvalue weighted by molar-refractivity contribution is 0.0832. The molecule has 116 valence electrons. The normalized spacial score (nSPS) is 16.8. The van der Waals surface area contributed by atoms with Crippen LogP contribution in [0.4, 0.5) is 0 Å². The smallest absolute Gasteiger partial charge is 0.166 e. The van der Waals surface area contributed by atoms with Crippen LogP contribution in [0.1, 0.15) is 29.0 Å². The summed E-state index contributed by atoms with van der Waals surface area (Å²) in [7, 11) is 1.93. The molecular formula is C17H20ClN3O. The summed E-state index contributed by atoms with van der Waals surface area (Å²) in [4.78, 5) is 19.1. The van der Waals surface area contributed by atoms with E-state index in [1.54, 1.807) is 6.20 Å². The Morgan fingerprint density at radius 1 is 1.27 bits per heavy atom. The fourth-order valence-corrected chi connectivity index (χ4v) is 3.11. The highest BCUT2D eigenvalue weighted by molar-refractivity contribution is 6.29. The Bertz CT molecular complexity index is 645. The molecule has 22 heavy (non-hydrogen) atoms. The molecule has 0 N–H and O–H groups in total. The van der Waals surface area contributed by atoms with Crippen molar-refractivity contribution in [1.29, 1.82) is 0 Å². The van der Waals surface area contributed by atoms with Gasteiger partial charge in [-0.3, -0.25) is 9.69 Å². The SMILES string of the molecule is Cn1c(Cl)cnc1CN1CCC(C(=O)c2ccccc2)CC1. The summed E-state index contributed by atoms with van der Waals surface area (Å²) in [5, 5.41) is 0.657. The van der Waals surface area contributed by atoms with Gasteiger partial charge in [0, 0.05) is 18.5 Å². The minimum atomic E-state index is 0.142. The molecule has 1 aliphatic heterocycles. The Kier molecular flexibility index (Phi) is 4.60. The molecule has 5 heteroatoms. The third-order valence-electron chi connectivity index (χ3n) is 4.41. The highest BCUT2D eigenvalue weighted by Crippen LogP contribution is 2.23. The number of imidazole rings is 1. The van der Waals surface area contributed by atoms with Crippen molar-refractivity contribution >= 4 is 17.4 Å². The number of rotatable bonds is 4. The summed E-state index contributed by atoms with van der Waals surface area (Å²) in [5.74, 6) is 1.39. The maximum Gasteiger partial charge on any atom is 0.166 e. The zero-order valence-electron chi connectivity index (χ0n) is 12.7. The lowest BCUT2D eigenvalue weighted by Gasteiger charge is -2.31. The van der Waals surface area contributed by atoms with Crippen LogP contribution in [0, 0.1) is 5.92 Å². The van der Waals surface area contributed by atoms with Crippen molar-refractivity contribution in [2.45, 2.75) is 19.4 Å².